The largest absolute Gasteiger partial charge is 0.483 e. The molecule has 0 aliphatic rings. The minimum atomic E-state index is -0.430. The number of fused-ring (bicyclic) bond motifs is 1. The fraction of sp³-hybridized carbons (Fsp3) is 0.105. The number of hydrogen-bond acceptors (Lipinski definition) is 4. The lowest BCUT2D eigenvalue weighted by atomic mass is 10.2. The number of carbonyl (C=O) groups excluding carboxylic acids is 2. The molecule has 0 saturated carbocycles. The number of halogens is 1. The molecule has 3 rings (SSSR count). The van der Waals surface area contributed by atoms with E-state index in [1.807, 2.05) is 42.5 Å². The highest BCUT2D eigenvalue weighted by molar-refractivity contribution is 14.1. The number of amides is 2. The first-order valence-electron chi connectivity index (χ1n) is 8.10. The Morgan fingerprint density at radius 2 is 1.93 bits per heavy atom. The van der Waals surface area contributed by atoms with E-state index in [1.165, 1.54) is 6.21 Å². The van der Waals surface area contributed by atoms with E-state index >= 15 is 0 Å². The maximum Gasteiger partial charge on any atom is 0.277 e. The number of hydrogen-bond donors (Lipinski definition) is 2. The van der Waals surface area contributed by atoms with Crippen molar-refractivity contribution in [3.8, 4) is 5.75 Å². The molecule has 1 aromatic heterocycles. The van der Waals surface area contributed by atoms with E-state index in [-0.39, 0.29) is 19.1 Å². The highest BCUT2D eigenvalue weighted by atomic mass is 127. The molecule has 0 fully saturated rings. The van der Waals surface area contributed by atoms with Gasteiger partial charge in [0.15, 0.2) is 6.61 Å². The van der Waals surface area contributed by atoms with E-state index < -0.39 is 5.91 Å². The lowest BCUT2D eigenvalue weighted by Gasteiger charge is -2.06. The standard InChI is InChI=1S/C19H17IN4O3/c20-15-6-2-4-8-17(15)27-12-19(26)23-22-9-13-10-24(11-18(21)25)16-7-3-1-5-14(13)16/h1-10H,11-12H2,(H2,21,25)(H,23,26)/b22-9-. The van der Waals surface area contributed by atoms with Gasteiger partial charge in [-0.05, 0) is 40.8 Å². The van der Waals surface area contributed by atoms with Gasteiger partial charge in [-0.2, -0.15) is 5.10 Å². The first kappa shape index (κ1) is 18.9. The molecule has 7 nitrogen and oxygen atoms in total. The topological polar surface area (TPSA) is 98.7 Å². The molecule has 3 N–H and O–H groups in total. The van der Waals surface area contributed by atoms with Crippen molar-refractivity contribution in [2.24, 2.45) is 10.8 Å². The lowest BCUT2D eigenvalue weighted by Crippen LogP contribution is -2.24. The number of rotatable bonds is 7. The van der Waals surface area contributed by atoms with E-state index in [0.29, 0.717) is 5.75 Å². The molecular weight excluding hydrogens is 459 g/mol. The molecular formula is C19H17IN4O3. The summed E-state index contributed by atoms with van der Waals surface area (Å²) in [4.78, 5) is 23.1. The van der Waals surface area contributed by atoms with Crippen LogP contribution in [0.2, 0.25) is 0 Å². The van der Waals surface area contributed by atoms with Gasteiger partial charge in [-0.1, -0.05) is 30.3 Å². The zero-order valence-electron chi connectivity index (χ0n) is 14.3. The number of nitrogens with two attached hydrogens (primary N) is 1. The highest BCUT2D eigenvalue weighted by Crippen LogP contribution is 2.20. The summed E-state index contributed by atoms with van der Waals surface area (Å²) in [5.74, 6) is -0.154. The van der Waals surface area contributed by atoms with Crippen LogP contribution in [-0.2, 0) is 16.1 Å². The minimum absolute atomic E-state index is 0.0737. The first-order valence-corrected chi connectivity index (χ1v) is 9.18. The molecule has 27 heavy (non-hydrogen) atoms. The van der Waals surface area contributed by atoms with Gasteiger partial charge in [0.25, 0.3) is 5.91 Å². The summed E-state index contributed by atoms with van der Waals surface area (Å²) in [5.41, 5.74) is 9.37. The van der Waals surface area contributed by atoms with E-state index in [2.05, 4.69) is 33.1 Å². The third-order valence-corrected chi connectivity index (χ3v) is 4.63. The average Bonchev–Trinajstić information content (AvgIpc) is 2.98. The first-order chi connectivity index (χ1) is 13.0. The summed E-state index contributed by atoms with van der Waals surface area (Å²) in [7, 11) is 0. The molecule has 3 aromatic rings. The van der Waals surface area contributed by atoms with Gasteiger partial charge in [-0.3, -0.25) is 9.59 Å². The van der Waals surface area contributed by atoms with Crippen molar-refractivity contribution in [3.05, 3.63) is 63.9 Å². The van der Waals surface area contributed by atoms with Gasteiger partial charge in [0.05, 0.1) is 9.78 Å². The zero-order chi connectivity index (χ0) is 19.2. The molecule has 0 aliphatic heterocycles. The summed E-state index contributed by atoms with van der Waals surface area (Å²) >= 11 is 2.14. The molecule has 0 saturated heterocycles. The Hall–Kier alpha value is -2.88. The van der Waals surface area contributed by atoms with Gasteiger partial charge < -0.3 is 15.0 Å². The second kappa shape index (κ2) is 8.67. The molecule has 0 spiro atoms. The molecule has 2 amide bonds. The van der Waals surface area contributed by atoms with Crippen LogP contribution in [0.25, 0.3) is 10.9 Å². The highest BCUT2D eigenvalue weighted by Gasteiger charge is 2.08. The van der Waals surface area contributed by atoms with Crippen LogP contribution in [0.4, 0.5) is 0 Å². The number of para-hydroxylation sites is 2. The normalized spacial score (nSPS) is 11.0. The van der Waals surface area contributed by atoms with Crippen LogP contribution in [0.15, 0.2) is 59.8 Å². The van der Waals surface area contributed by atoms with Gasteiger partial charge in [-0.15, -0.1) is 0 Å². The Labute approximate surface area is 169 Å². The SMILES string of the molecule is NC(=O)Cn1cc(/C=N\NC(=O)COc2ccccc2I)c2ccccc21. The summed E-state index contributed by atoms with van der Waals surface area (Å²) < 4.78 is 8.15. The Balaban J connectivity index is 1.65. The maximum absolute atomic E-state index is 11.9. The van der Waals surface area contributed by atoms with Crippen molar-refractivity contribution < 1.29 is 14.3 Å². The van der Waals surface area contributed by atoms with Crippen molar-refractivity contribution >= 4 is 51.5 Å². The molecule has 0 aliphatic carbocycles. The third-order valence-electron chi connectivity index (χ3n) is 3.73. The van der Waals surface area contributed by atoms with Crippen LogP contribution in [0.1, 0.15) is 5.56 Å². The predicted molar refractivity (Wildman–Crippen MR) is 112 cm³/mol. The average molecular weight is 476 g/mol. The predicted octanol–water partition coefficient (Wildman–Crippen LogP) is 2.26. The van der Waals surface area contributed by atoms with Gasteiger partial charge in [0.2, 0.25) is 5.91 Å². The Morgan fingerprint density at radius 1 is 1.19 bits per heavy atom. The van der Waals surface area contributed by atoms with Crippen LogP contribution >= 0.6 is 22.6 Å². The molecule has 138 valence electrons. The van der Waals surface area contributed by atoms with Crippen LogP contribution in [-0.4, -0.2) is 29.2 Å². The molecule has 0 bridgehead atoms. The molecule has 0 radical (unpaired) electrons. The van der Waals surface area contributed by atoms with E-state index in [9.17, 15) is 9.59 Å². The third kappa shape index (κ3) is 4.85. The van der Waals surface area contributed by atoms with Crippen LogP contribution in [0.5, 0.6) is 5.75 Å². The monoisotopic (exact) mass is 476 g/mol. The lowest BCUT2D eigenvalue weighted by molar-refractivity contribution is -0.123. The fourth-order valence-corrected chi connectivity index (χ4v) is 3.13. The Bertz CT molecular complexity index is 1010. The fourth-order valence-electron chi connectivity index (χ4n) is 2.59. The zero-order valence-corrected chi connectivity index (χ0v) is 16.4. The summed E-state index contributed by atoms with van der Waals surface area (Å²) in [6.07, 6.45) is 3.30. The summed E-state index contributed by atoms with van der Waals surface area (Å²) in [6.45, 7) is -0.0644. The van der Waals surface area contributed by atoms with Gasteiger partial charge in [0, 0.05) is 22.7 Å². The van der Waals surface area contributed by atoms with E-state index in [0.717, 1.165) is 20.0 Å². The van der Waals surface area contributed by atoms with E-state index in [1.54, 1.807) is 16.8 Å². The number of ether oxygens (including phenoxy) is 1. The van der Waals surface area contributed by atoms with Crippen molar-refractivity contribution in [2.75, 3.05) is 6.61 Å². The van der Waals surface area contributed by atoms with Crippen LogP contribution in [0, 0.1) is 3.57 Å². The molecule has 8 heteroatoms. The second-order valence-corrected chi connectivity index (χ2v) is 6.87. The number of hydrazone groups is 1. The Morgan fingerprint density at radius 3 is 2.70 bits per heavy atom. The second-order valence-electron chi connectivity index (χ2n) is 5.71. The van der Waals surface area contributed by atoms with E-state index in [4.69, 9.17) is 10.5 Å². The quantitative estimate of drug-likeness (QED) is 0.311. The van der Waals surface area contributed by atoms with Crippen molar-refractivity contribution in [1.29, 1.82) is 0 Å². The van der Waals surface area contributed by atoms with Crippen LogP contribution in [0.3, 0.4) is 0 Å². The molecule has 0 unspecified atom stereocenters. The van der Waals surface area contributed by atoms with Gasteiger partial charge in [-0.25, -0.2) is 5.43 Å². The number of aromatic nitrogens is 1. The number of carbonyl (C=O) groups is 2. The summed E-state index contributed by atoms with van der Waals surface area (Å²) in [6, 6.07) is 15.0. The molecule has 2 aromatic carbocycles. The van der Waals surface area contributed by atoms with Crippen molar-refractivity contribution in [1.82, 2.24) is 9.99 Å². The van der Waals surface area contributed by atoms with Gasteiger partial charge in [0.1, 0.15) is 12.3 Å². The van der Waals surface area contributed by atoms with Crippen LogP contribution < -0.4 is 15.9 Å². The van der Waals surface area contributed by atoms with Crippen molar-refractivity contribution in [3.63, 3.8) is 0 Å². The number of primary amides is 1. The number of benzene rings is 2. The Kier molecular flexibility index (Phi) is 6.07. The van der Waals surface area contributed by atoms with Gasteiger partial charge >= 0.3 is 0 Å². The molecule has 0 atom stereocenters. The number of nitrogens with one attached hydrogen (secondary N) is 1. The smallest absolute Gasteiger partial charge is 0.277 e. The minimum Gasteiger partial charge on any atom is -0.483 e. The number of nitrogens with zero attached hydrogens (tertiary/aromatic N) is 2. The van der Waals surface area contributed by atoms with Crippen molar-refractivity contribution in [2.45, 2.75) is 6.54 Å². The maximum atomic E-state index is 11.9. The summed E-state index contributed by atoms with van der Waals surface area (Å²) in [5, 5.41) is 4.89. The molecule has 1 heterocycles.